The molecule has 3 N–H and O–H groups in total. The molecule has 1 aromatic carbocycles. The maximum Gasteiger partial charge on any atom is 0.236 e. The Morgan fingerprint density at radius 1 is 1.33 bits per heavy atom. The Kier molecular flexibility index (Phi) is 8.24. The molecular weight excluding hydrogens is 316 g/mol. The molecule has 0 saturated carbocycles. The lowest BCUT2D eigenvalue weighted by Crippen LogP contribution is -2.42. The molecular formula is C13H20BrClN2O. The second-order valence-corrected chi connectivity index (χ2v) is 5.28. The Balaban J connectivity index is 0.00000289. The molecule has 1 unspecified atom stereocenters. The Hall–Kier alpha value is -0.580. The largest absolute Gasteiger partial charge is 0.352 e. The lowest BCUT2D eigenvalue weighted by Gasteiger charge is -2.15. The van der Waals surface area contributed by atoms with Gasteiger partial charge in [0.2, 0.25) is 5.91 Å². The van der Waals surface area contributed by atoms with Crippen molar-refractivity contribution in [3.8, 4) is 0 Å². The molecule has 5 heteroatoms. The highest BCUT2D eigenvalue weighted by atomic mass is 79.9. The van der Waals surface area contributed by atoms with Gasteiger partial charge in [-0.15, -0.1) is 12.4 Å². The molecule has 1 rings (SSSR count). The van der Waals surface area contributed by atoms with Gasteiger partial charge in [0, 0.05) is 10.5 Å². The van der Waals surface area contributed by atoms with Gasteiger partial charge in [0.1, 0.15) is 0 Å². The molecule has 2 atom stereocenters. The smallest absolute Gasteiger partial charge is 0.236 e. The zero-order chi connectivity index (χ0) is 12.8. The van der Waals surface area contributed by atoms with Crippen molar-refractivity contribution >= 4 is 34.2 Å². The molecule has 1 amide bonds. The predicted octanol–water partition coefficient (Wildman–Crippen LogP) is 2.66. The van der Waals surface area contributed by atoms with E-state index in [2.05, 4.69) is 33.4 Å². The number of carbonyl (C=O) groups excluding carboxylic acids is 1. The number of benzene rings is 1. The Labute approximate surface area is 123 Å². The molecule has 0 radical (unpaired) electrons. The second kappa shape index (κ2) is 8.51. The van der Waals surface area contributed by atoms with Gasteiger partial charge in [0.25, 0.3) is 0 Å². The van der Waals surface area contributed by atoms with Crippen molar-refractivity contribution in [1.82, 2.24) is 5.32 Å². The molecule has 18 heavy (non-hydrogen) atoms. The van der Waals surface area contributed by atoms with Gasteiger partial charge in [-0.1, -0.05) is 28.1 Å². The van der Waals surface area contributed by atoms with Gasteiger partial charge in [-0.05, 0) is 44.4 Å². The second-order valence-electron chi connectivity index (χ2n) is 4.36. The van der Waals surface area contributed by atoms with Crippen molar-refractivity contribution in [3.63, 3.8) is 0 Å². The summed E-state index contributed by atoms with van der Waals surface area (Å²) in [5.74, 6) is -0.0895. The first kappa shape index (κ1) is 17.4. The quantitative estimate of drug-likeness (QED) is 0.869. The molecule has 0 bridgehead atoms. The van der Waals surface area contributed by atoms with E-state index in [0.29, 0.717) is 0 Å². The van der Waals surface area contributed by atoms with Gasteiger partial charge in [-0.25, -0.2) is 0 Å². The van der Waals surface area contributed by atoms with Crippen LogP contribution in [0.2, 0.25) is 0 Å². The zero-order valence-corrected chi connectivity index (χ0v) is 13.1. The lowest BCUT2D eigenvalue weighted by atomic mass is 10.1. The number of carbonyl (C=O) groups is 1. The van der Waals surface area contributed by atoms with E-state index >= 15 is 0 Å². The van der Waals surface area contributed by atoms with Gasteiger partial charge in [-0.2, -0.15) is 0 Å². The molecule has 0 aliphatic carbocycles. The van der Waals surface area contributed by atoms with Crippen molar-refractivity contribution < 1.29 is 4.79 Å². The first-order chi connectivity index (χ1) is 7.99. The van der Waals surface area contributed by atoms with Crippen LogP contribution in [0.1, 0.15) is 25.8 Å². The number of rotatable bonds is 5. The molecule has 0 spiro atoms. The van der Waals surface area contributed by atoms with Gasteiger partial charge < -0.3 is 11.1 Å². The topological polar surface area (TPSA) is 55.1 Å². The van der Waals surface area contributed by atoms with Crippen LogP contribution >= 0.6 is 28.3 Å². The average Bonchev–Trinajstić information content (AvgIpc) is 2.28. The van der Waals surface area contributed by atoms with Crippen LogP contribution in [0.25, 0.3) is 0 Å². The van der Waals surface area contributed by atoms with Crippen LogP contribution in [0.5, 0.6) is 0 Å². The normalized spacial score (nSPS) is 13.3. The summed E-state index contributed by atoms with van der Waals surface area (Å²) >= 11 is 3.40. The summed E-state index contributed by atoms with van der Waals surface area (Å²) < 4.78 is 1.08. The first-order valence-corrected chi connectivity index (χ1v) is 6.58. The van der Waals surface area contributed by atoms with Crippen LogP contribution in [-0.4, -0.2) is 18.0 Å². The van der Waals surface area contributed by atoms with E-state index < -0.39 is 6.04 Å². The van der Waals surface area contributed by atoms with E-state index in [0.717, 1.165) is 17.3 Å². The van der Waals surface area contributed by atoms with Gasteiger partial charge in [0.15, 0.2) is 0 Å². The highest BCUT2D eigenvalue weighted by molar-refractivity contribution is 9.10. The first-order valence-electron chi connectivity index (χ1n) is 5.79. The molecule has 0 aromatic heterocycles. The summed E-state index contributed by atoms with van der Waals surface area (Å²) in [7, 11) is 0. The Morgan fingerprint density at radius 3 is 2.39 bits per heavy atom. The maximum atomic E-state index is 11.4. The van der Waals surface area contributed by atoms with Crippen LogP contribution in [-0.2, 0) is 11.2 Å². The van der Waals surface area contributed by atoms with Gasteiger partial charge in [0.05, 0.1) is 6.04 Å². The molecule has 3 nitrogen and oxygen atoms in total. The molecule has 0 heterocycles. The number of hydrogen-bond acceptors (Lipinski definition) is 2. The third-order valence-corrected chi connectivity index (χ3v) is 3.11. The number of nitrogens with two attached hydrogens (primary N) is 1. The minimum Gasteiger partial charge on any atom is -0.352 e. The van der Waals surface area contributed by atoms with Gasteiger partial charge in [-0.3, -0.25) is 4.79 Å². The van der Waals surface area contributed by atoms with Gasteiger partial charge >= 0.3 is 0 Å². The maximum absolute atomic E-state index is 11.4. The van der Waals surface area contributed by atoms with Crippen molar-refractivity contribution in [1.29, 1.82) is 0 Å². The molecule has 0 fully saturated rings. The fourth-order valence-corrected chi connectivity index (χ4v) is 1.75. The monoisotopic (exact) mass is 334 g/mol. The molecule has 102 valence electrons. The molecule has 0 saturated heterocycles. The number of amides is 1. The van der Waals surface area contributed by atoms with Crippen LogP contribution in [0.3, 0.4) is 0 Å². The predicted molar refractivity (Wildman–Crippen MR) is 81.0 cm³/mol. The highest BCUT2D eigenvalue weighted by Crippen LogP contribution is 2.12. The minimum absolute atomic E-state index is 0. The summed E-state index contributed by atoms with van der Waals surface area (Å²) in [6.45, 7) is 3.69. The summed E-state index contributed by atoms with van der Waals surface area (Å²) in [4.78, 5) is 11.4. The molecule has 0 aliphatic rings. The fourth-order valence-electron chi connectivity index (χ4n) is 1.48. The number of nitrogens with one attached hydrogen (secondary N) is 1. The average molecular weight is 336 g/mol. The highest BCUT2D eigenvalue weighted by Gasteiger charge is 2.10. The van der Waals surface area contributed by atoms with E-state index in [1.54, 1.807) is 6.92 Å². The third-order valence-electron chi connectivity index (χ3n) is 2.58. The van der Waals surface area contributed by atoms with E-state index in [1.165, 1.54) is 5.56 Å². The lowest BCUT2D eigenvalue weighted by molar-refractivity contribution is -0.122. The van der Waals surface area contributed by atoms with E-state index in [-0.39, 0.29) is 24.4 Å². The SMILES string of the molecule is CC(CCc1ccc(Br)cc1)NC(=O)[C@H](C)N.Cl. The fraction of sp³-hybridized carbons (Fsp3) is 0.462. The Bertz CT molecular complexity index is 368. The number of hydrogen-bond donors (Lipinski definition) is 2. The van der Waals surface area contributed by atoms with Crippen molar-refractivity contribution in [3.05, 3.63) is 34.3 Å². The summed E-state index contributed by atoms with van der Waals surface area (Å²) in [6.07, 6.45) is 1.87. The van der Waals surface area contributed by atoms with E-state index in [4.69, 9.17) is 5.73 Å². The van der Waals surface area contributed by atoms with Crippen LogP contribution in [0, 0.1) is 0 Å². The molecule has 0 aliphatic heterocycles. The van der Waals surface area contributed by atoms with Crippen molar-refractivity contribution in [2.45, 2.75) is 38.8 Å². The summed E-state index contributed by atoms with van der Waals surface area (Å²) in [5, 5.41) is 2.89. The minimum atomic E-state index is -0.440. The third kappa shape index (κ3) is 6.38. The number of aryl methyl sites for hydroxylation is 1. The standard InChI is InChI=1S/C13H19BrN2O.ClH/c1-9(16-13(17)10(2)15)3-4-11-5-7-12(14)8-6-11;/h5-10H,3-4,15H2,1-2H3,(H,16,17);1H/t9?,10-;/m0./s1. The van der Waals surface area contributed by atoms with Crippen LogP contribution in [0.15, 0.2) is 28.7 Å². The van der Waals surface area contributed by atoms with Crippen molar-refractivity contribution in [2.75, 3.05) is 0 Å². The zero-order valence-electron chi connectivity index (χ0n) is 10.7. The van der Waals surface area contributed by atoms with Crippen LogP contribution in [0.4, 0.5) is 0 Å². The molecule has 1 aromatic rings. The van der Waals surface area contributed by atoms with E-state index in [1.807, 2.05) is 19.1 Å². The Morgan fingerprint density at radius 2 is 1.89 bits per heavy atom. The summed E-state index contributed by atoms with van der Waals surface area (Å²) in [5.41, 5.74) is 6.76. The summed E-state index contributed by atoms with van der Waals surface area (Å²) in [6, 6.07) is 7.94. The van der Waals surface area contributed by atoms with Crippen LogP contribution < -0.4 is 11.1 Å². The van der Waals surface area contributed by atoms with Crippen molar-refractivity contribution in [2.24, 2.45) is 5.73 Å². The van der Waals surface area contributed by atoms with E-state index in [9.17, 15) is 4.79 Å². The number of halogens is 2.